The molecule has 2 heterocycles. The van der Waals surface area contributed by atoms with E-state index in [4.69, 9.17) is 21.1 Å². The molecule has 3 rings (SSSR count). The average molecular weight is 308 g/mol. The molecule has 1 aliphatic heterocycles. The Morgan fingerprint density at radius 1 is 1.25 bits per heavy atom. The minimum Gasteiger partial charge on any atom is -0.454 e. The molecule has 0 radical (unpaired) electrons. The standard InChI is InChI=1S/C15H14ClNO2S/c16-13-7-11(8-14-15(13)19-10-18-14)9-20-6-4-12-3-1-2-5-17-12/h1-3,5,7-8H,4,6,9-10H2. The second kappa shape index (κ2) is 6.37. The van der Waals surface area contributed by atoms with Crippen LogP contribution in [-0.4, -0.2) is 17.5 Å². The topological polar surface area (TPSA) is 31.4 Å². The molecule has 104 valence electrons. The van der Waals surface area contributed by atoms with Gasteiger partial charge in [0.25, 0.3) is 0 Å². The highest BCUT2D eigenvalue weighted by Gasteiger charge is 2.18. The van der Waals surface area contributed by atoms with Crippen LogP contribution in [0.15, 0.2) is 36.5 Å². The Morgan fingerprint density at radius 3 is 3.05 bits per heavy atom. The highest BCUT2D eigenvalue weighted by molar-refractivity contribution is 7.98. The Hall–Kier alpha value is -1.39. The van der Waals surface area contributed by atoms with E-state index in [1.807, 2.05) is 42.2 Å². The maximum absolute atomic E-state index is 6.16. The summed E-state index contributed by atoms with van der Waals surface area (Å²) in [5.74, 6) is 3.35. The van der Waals surface area contributed by atoms with Crippen molar-refractivity contribution >= 4 is 23.4 Å². The number of thioether (sulfide) groups is 1. The molecule has 3 nitrogen and oxygen atoms in total. The van der Waals surface area contributed by atoms with Gasteiger partial charge in [0.15, 0.2) is 11.5 Å². The van der Waals surface area contributed by atoms with Crippen LogP contribution in [0.25, 0.3) is 0 Å². The van der Waals surface area contributed by atoms with Crippen molar-refractivity contribution in [3.63, 3.8) is 0 Å². The molecule has 1 aromatic carbocycles. The SMILES string of the molecule is Clc1cc(CSCCc2ccccn2)cc2c1OCO2. The first-order chi connectivity index (χ1) is 9.83. The van der Waals surface area contributed by atoms with Crippen LogP contribution in [0.5, 0.6) is 11.5 Å². The quantitative estimate of drug-likeness (QED) is 0.783. The smallest absolute Gasteiger partial charge is 0.231 e. The second-order valence-corrected chi connectivity index (χ2v) is 5.95. The summed E-state index contributed by atoms with van der Waals surface area (Å²) < 4.78 is 10.7. The van der Waals surface area contributed by atoms with E-state index < -0.39 is 0 Å². The number of halogens is 1. The first-order valence-electron chi connectivity index (χ1n) is 6.38. The fraction of sp³-hybridized carbons (Fsp3) is 0.267. The van der Waals surface area contributed by atoms with Gasteiger partial charge in [-0.3, -0.25) is 4.98 Å². The summed E-state index contributed by atoms with van der Waals surface area (Å²) in [5, 5.41) is 0.625. The number of pyridine rings is 1. The van der Waals surface area contributed by atoms with Crippen molar-refractivity contribution in [2.75, 3.05) is 12.5 Å². The van der Waals surface area contributed by atoms with E-state index in [-0.39, 0.29) is 6.79 Å². The van der Waals surface area contributed by atoms with Crippen LogP contribution in [0.1, 0.15) is 11.3 Å². The number of ether oxygens (including phenoxy) is 2. The molecule has 0 N–H and O–H groups in total. The first-order valence-corrected chi connectivity index (χ1v) is 7.92. The number of benzene rings is 1. The monoisotopic (exact) mass is 307 g/mol. The Bertz CT molecular complexity index is 592. The summed E-state index contributed by atoms with van der Waals surface area (Å²) in [6.07, 6.45) is 2.81. The zero-order valence-corrected chi connectivity index (χ0v) is 12.4. The van der Waals surface area contributed by atoms with Gasteiger partial charge in [0, 0.05) is 17.6 Å². The third kappa shape index (κ3) is 3.19. The molecule has 0 unspecified atom stereocenters. The summed E-state index contributed by atoms with van der Waals surface area (Å²) in [6.45, 7) is 0.255. The normalized spacial score (nSPS) is 12.7. The lowest BCUT2D eigenvalue weighted by Crippen LogP contribution is -1.93. The van der Waals surface area contributed by atoms with Crippen LogP contribution in [0.4, 0.5) is 0 Å². The summed E-state index contributed by atoms with van der Waals surface area (Å²) in [7, 11) is 0. The molecule has 0 saturated carbocycles. The highest BCUT2D eigenvalue weighted by Crippen LogP contribution is 2.40. The van der Waals surface area contributed by atoms with Crippen molar-refractivity contribution in [1.29, 1.82) is 0 Å². The third-order valence-electron chi connectivity index (χ3n) is 2.98. The van der Waals surface area contributed by atoms with Gasteiger partial charge in [-0.05, 0) is 42.0 Å². The van der Waals surface area contributed by atoms with Crippen LogP contribution in [-0.2, 0) is 12.2 Å². The van der Waals surface area contributed by atoms with Crippen molar-refractivity contribution < 1.29 is 9.47 Å². The van der Waals surface area contributed by atoms with Gasteiger partial charge in [0.2, 0.25) is 6.79 Å². The molecule has 0 bridgehead atoms. The number of aromatic nitrogens is 1. The Morgan fingerprint density at radius 2 is 2.20 bits per heavy atom. The van der Waals surface area contributed by atoms with Crippen LogP contribution in [0, 0.1) is 0 Å². The summed E-state index contributed by atoms with van der Waals surface area (Å²) >= 11 is 8.02. The van der Waals surface area contributed by atoms with E-state index in [1.54, 1.807) is 0 Å². The van der Waals surface area contributed by atoms with Gasteiger partial charge in [0.1, 0.15) is 0 Å². The van der Waals surface area contributed by atoms with Crippen molar-refractivity contribution in [2.24, 2.45) is 0 Å². The largest absolute Gasteiger partial charge is 0.454 e. The fourth-order valence-electron chi connectivity index (χ4n) is 2.02. The maximum Gasteiger partial charge on any atom is 0.231 e. The van der Waals surface area contributed by atoms with E-state index in [9.17, 15) is 0 Å². The Kier molecular flexibility index (Phi) is 4.33. The van der Waals surface area contributed by atoms with E-state index in [0.29, 0.717) is 10.8 Å². The van der Waals surface area contributed by atoms with Gasteiger partial charge in [-0.1, -0.05) is 17.7 Å². The van der Waals surface area contributed by atoms with Crippen LogP contribution in [0.2, 0.25) is 5.02 Å². The van der Waals surface area contributed by atoms with E-state index in [0.717, 1.165) is 34.9 Å². The van der Waals surface area contributed by atoms with Gasteiger partial charge in [-0.2, -0.15) is 11.8 Å². The molecule has 0 aliphatic carbocycles. The molecule has 0 amide bonds. The molecule has 0 spiro atoms. The molecule has 1 aliphatic rings. The Labute approximate surface area is 127 Å². The van der Waals surface area contributed by atoms with Crippen molar-refractivity contribution in [1.82, 2.24) is 4.98 Å². The zero-order valence-electron chi connectivity index (χ0n) is 10.8. The van der Waals surface area contributed by atoms with Crippen molar-refractivity contribution in [2.45, 2.75) is 12.2 Å². The van der Waals surface area contributed by atoms with Gasteiger partial charge >= 0.3 is 0 Å². The number of aryl methyl sites for hydroxylation is 1. The number of rotatable bonds is 5. The Balaban J connectivity index is 1.53. The number of hydrogen-bond acceptors (Lipinski definition) is 4. The van der Waals surface area contributed by atoms with Crippen LogP contribution >= 0.6 is 23.4 Å². The molecule has 0 saturated heterocycles. The minimum atomic E-state index is 0.255. The fourth-order valence-corrected chi connectivity index (χ4v) is 3.20. The van der Waals surface area contributed by atoms with E-state index in [2.05, 4.69) is 11.1 Å². The highest BCUT2D eigenvalue weighted by atomic mass is 35.5. The molecule has 0 fully saturated rings. The summed E-state index contributed by atoms with van der Waals surface area (Å²) in [4.78, 5) is 4.31. The van der Waals surface area contributed by atoms with Crippen molar-refractivity contribution in [3.05, 3.63) is 52.8 Å². The van der Waals surface area contributed by atoms with Gasteiger partial charge in [-0.15, -0.1) is 0 Å². The predicted octanol–water partition coefficient (Wildman–Crippen LogP) is 3.94. The summed E-state index contributed by atoms with van der Waals surface area (Å²) in [5.41, 5.74) is 2.29. The molecule has 2 aromatic rings. The van der Waals surface area contributed by atoms with Crippen LogP contribution < -0.4 is 9.47 Å². The molecule has 0 atom stereocenters. The number of hydrogen-bond donors (Lipinski definition) is 0. The number of fused-ring (bicyclic) bond motifs is 1. The van der Waals surface area contributed by atoms with E-state index in [1.165, 1.54) is 0 Å². The number of nitrogens with zero attached hydrogens (tertiary/aromatic N) is 1. The van der Waals surface area contributed by atoms with Gasteiger partial charge in [-0.25, -0.2) is 0 Å². The van der Waals surface area contributed by atoms with E-state index >= 15 is 0 Å². The third-order valence-corrected chi connectivity index (χ3v) is 4.30. The lowest BCUT2D eigenvalue weighted by molar-refractivity contribution is 0.174. The molecule has 5 heteroatoms. The molecule has 1 aromatic heterocycles. The minimum absolute atomic E-state index is 0.255. The first kappa shape index (κ1) is 13.6. The molecular weight excluding hydrogens is 294 g/mol. The second-order valence-electron chi connectivity index (χ2n) is 4.44. The molecular formula is C15H14ClNO2S. The summed E-state index contributed by atoms with van der Waals surface area (Å²) in [6, 6.07) is 9.96. The predicted molar refractivity (Wildman–Crippen MR) is 81.7 cm³/mol. The lowest BCUT2D eigenvalue weighted by Gasteiger charge is -2.05. The van der Waals surface area contributed by atoms with Gasteiger partial charge in [0.05, 0.1) is 5.02 Å². The average Bonchev–Trinajstić information content (AvgIpc) is 2.94. The van der Waals surface area contributed by atoms with Crippen molar-refractivity contribution in [3.8, 4) is 11.5 Å². The van der Waals surface area contributed by atoms with Gasteiger partial charge < -0.3 is 9.47 Å². The lowest BCUT2D eigenvalue weighted by atomic mass is 10.2. The molecule has 20 heavy (non-hydrogen) atoms. The maximum atomic E-state index is 6.16. The zero-order chi connectivity index (χ0) is 13.8. The van der Waals surface area contributed by atoms with Crippen LogP contribution in [0.3, 0.4) is 0 Å².